The van der Waals surface area contributed by atoms with Crippen molar-refractivity contribution in [2.75, 3.05) is 0 Å². The summed E-state index contributed by atoms with van der Waals surface area (Å²) in [5.74, 6) is -2.35. The van der Waals surface area contributed by atoms with E-state index in [1.165, 1.54) is 0 Å². The number of hydrogen-bond acceptors (Lipinski definition) is 1. The molecule has 1 aromatic rings. The van der Waals surface area contributed by atoms with Gasteiger partial charge < -0.3 is 0 Å². The molecule has 14 heavy (non-hydrogen) atoms. The SMILES string of the molecule is CC(C)c1cnc2c(c1)CCC2(F)F. The van der Waals surface area contributed by atoms with Crippen molar-refractivity contribution in [2.45, 2.75) is 38.5 Å². The van der Waals surface area contributed by atoms with Crippen LogP contribution in [0.3, 0.4) is 0 Å². The van der Waals surface area contributed by atoms with Gasteiger partial charge in [0.1, 0.15) is 5.69 Å². The van der Waals surface area contributed by atoms with Gasteiger partial charge in [0.25, 0.3) is 5.92 Å². The van der Waals surface area contributed by atoms with E-state index in [1.54, 1.807) is 6.20 Å². The van der Waals surface area contributed by atoms with E-state index >= 15 is 0 Å². The van der Waals surface area contributed by atoms with Gasteiger partial charge in [-0.1, -0.05) is 19.9 Å². The topological polar surface area (TPSA) is 12.9 Å². The van der Waals surface area contributed by atoms with Gasteiger partial charge in [0, 0.05) is 12.6 Å². The molecule has 1 heterocycles. The van der Waals surface area contributed by atoms with Crippen LogP contribution in [0.2, 0.25) is 0 Å². The molecule has 1 aromatic heterocycles. The second kappa shape index (κ2) is 3.01. The summed E-state index contributed by atoms with van der Waals surface area (Å²) in [5.41, 5.74) is 1.75. The molecule has 0 spiro atoms. The first kappa shape index (κ1) is 9.56. The molecule has 0 aliphatic heterocycles. The van der Waals surface area contributed by atoms with Crippen LogP contribution in [0.1, 0.15) is 43.0 Å². The largest absolute Gasteiger partial charge is 0.290 e. The molecule has 2 rings (SSSR count). The van der Waals surface area contributed by atoms with Crippen LogP contribution in [0, 0.1) is 0 Å². The number of alkyl halides is 2. The zero-order valence-electron chi connectivity index (χ0n) is 8.35. The summed E-state index contributed by atoms with van der Waals surface area (Å²) < 4.78 is 26.4. The van der Waals surface area contributed by atoms with Crippen molar-refractivity contribution in [2.24, 2.45) is 0 Å². The van der Waals surface area contributed by atoms with Crippen LogP contribution in [-0.2, 0) is 12.3 Å². The average Bonchev–Trinajstić information content (AvgIpc) is 2.42. The third-order valence-electron chi connectivity index (χ3n) is 2.71. The summed E-state index contributed by atoms with van der Waals surface area (Å²) in [4.78, 5) is 3.88. The Morgan fingerprint density at radius 3 is 2.79 bits per heavy atom. The lowest BCUT2D eigenvalue weighted by atomic mass is 10.0. The van der Waals surface area contributed by atoms with E-state index in [0.717, 1.165) is 11.1 Å². The van der Waals surface area contributed by atoms with Gasteiger partial charge in [0.2, 0.25) is 0 Å². The Balaban J connectivity index is 2.44. The molecule has 0 saturated carbocycles. The lowest BCUT2D eigenvalue weighted by Crippen LogP contribution is -2.10. The number of aromatic nitrogens is 1. The minimum absolute atomic E-state index is 0.0121. The molecule has 0 N–H and O–H groups in total. The Kier molecular flexibility index (Phi) is 2.05. The average molecular weight is 197 g/mol. The minimum Gasteiger partial charge on any atom is -0.254 e. The molecule has 0 fully saturated rings. The fourth-order valence-corrected chi connectivity index (χ4v) is 1.77. The first-order chi connectivity index (χ1) is 6.50. The number of pyridine rings is 1. The van der Waals surface area contributed by atoms with Crippen molar-refractivity contribution in [3.05, 3.63) is 29.1 Å². The van der Waals surface area contributed by atoms with Crippen LogP contribution in [-0.4, -0.2) is 4.98 Å². The van der Waals surface area contributed by atoms with Gasteiger partial charge in [-0.25, -0.2) is 0 Å². The summed E-state index contributed by atoms with van der Waals surface area (Å²) in [6.45, 7) is 4.08. The van der Waals surface area contributed by atoms with Crippen LogP contribution in [0.5, 0.6) is 0 Å². The molecule has 76 valence electrons. The predicted molar refractivity (Wildman–Crippen MR) is 50.5 cm³/mol. The fourth-order valence-electron chi connectivity index (χ4n) is 1.77. The number of fused-ring (bicyclic) bond motifs is 1. The molecule has 0 bridgehead atoms. The number of hydrogen-bond donors (Lipinski definition) is 0. The van der Waals surface area contributed by atoms with Gasteiger partial charge in [-0.15, -0.1) is 0 Å². The predicted octanol–water partition coefficient (Wildman–Crippen LogP) is 3.24. The van der Waals surface area contributed by atoms with Crippen LogP contribution in [0.25, 0.3) is 0 Å². The second-order valence-corrected chi connectivity index (χ2v) is 4.14. The maximum atomic E-state index is 13.2. The molecule has 0 unspecified atom stereocenters. The first-order valence-corrected chi connectivity index (χ1v) is 4.88. The smallest absolute Gasteiger partial charge is 0.254 e. The van der Waals surface area contributed by atoms with E-state index in [9.17, 15) is 8.78 Å². The van der Waals surface area contributed by atoms with E-state index in [4.69, 9.17) is 0 Å². The Morgan fingerprint density at radius 2 is 2.14 bits per heavy atom. The highest BCUT2D eigenvalue weighted by Gasteiger charge is 2.40. The van der Waals surface area contributed by atoms with Gasteiger partial charge in [0.05, 0.1) is 0 Å². The molecule has 3 heteroatoms. The maximum absolute atomic E-state index is 13.2. The number of aryl methyl sites for hydroxylation is 1. The summed E-state index contributed by atoms with van der Waals surface area (Å²) in [7, 11) is 0. The monoisotopic (exact) mass is 197 g/mol. The van der Waals surface area contributed by atoms with Gasteiger partial charge in [-0.2, -0.15) is 8.78 Å². The van der Waals surface area contributed by atoms with E-state index in [-0.39, 0.29) is 12.1 Å². The first-order valence-electron chi connectivity index (χ1n) is 4.88. The third kappa shape index (κ3) is 1.41. The molecule has 0 atom stereocenters. The Labute approximate surface area is 82.2 Å². The minimum atomic E-state index is -2.70. The Hall–Kier alpha value is -0.990. The lowest BCUT2D eigenvalue weighted by molar-refractivity contribution is -0.00594. The Morgan fingerprint density at radius 1 is 1.43 bits per heavy atom. The molecule has 1 aliphatic rings. The molecule has 0 amide bonds. The highest BCUT2D eigenvalue weighted by Crippen LogP contribution is 2.40. The summed E-state index contributed by atoms with van der Waals surface area (Å²) in [6.07, 6.45) is 1.94. The van der Waals surface area contributed by atoms with E-state index in [0.29, 0.717) is 12.3 Å². The van der Waals surface area contributed by atoms with Crippen LogP contribution in [0.4, 0.5) is 8.78 Å². The second-order valence-electron chi connectivity index (χ2n) is 4.14. The zero-order chi connectivity index (χ0) is 10.3. The maximum Gasteiger partial charge on any atom is 0.290 e. The number of rotatable bonds is 1. The molecule has 1 nitrogen and oxygen atoms in total. The van der Waals surface area contributed by atoms with Crippen molar-refractivity contribution in [1.82, 2.24) is 4.98 Å². The van der Waals surface area contributed by atoms with E-state index < -0.39 is 5.92 Å². The fraction of sp³-hybridized carbons (Fsp3) is 0.545. The van der Waals surface area contributed by atoms with E-state index in [2.05, 4.69) is 4.98 Å². The normalized spacial score (nSPS) is 18.6. The van der Waals surface area contributed by atoms with Crippen molar-refractivity contribution < 1.29 is 8.78 Å². The van der Waals surface area contributed by atoms with Gasteiger partial charge in [0.15, 0.2) is 0 Å². The molecular weight excluding hydrogens is 184 g/mol. The van der Waals surface area contributed by atoms with Crippen molar-refractivity contribution in [1.29, 1.82) is 0 Å². The molecule has 1 aliphatic carbocycles. The summed E-state index contributed by atoms with van der Waals surface area (Å²) in [6, 6.07) is 1.87. The number of halogens is 2. The van der Waals surface area contributed by atoms with Crippen LogP contribution in [0.15, 0.2) is 12.3 Å². The molecule has 0 saturated heterocycles. The van der Waals surface area contributed by atoms with Gasteiger partial charge in [-0.05, 0) is 23.5 Å². The molecular formula is C11H13F2N. The lowest BCUT2D eigenvalue weighted by Gasteiger charge is -2.10. The highest BCUT2D eigenvalue weighted by molar-refractivity contribution is 5.33. The summed E-state index contributed by atoms with van der Waals surface area (Å²) >= 11 is 0. The molecule has 0 aromatic carbocycles. The van der Waals surface area contributed by atoms with Crippen molar-refractivity contribution >= 4 is 0 Å². The summed E-state index contributed by atoms with van der Waals surface area (Å²) in [5, 5.41) is 0. The quantitative estimate of drug-likeness (QED) is 0.673. The highest BCUT2D eigenvalue weighted by atomic mass is 19.3. The van der Waals surface area contributed by atoms with Crippen molar-refractivity contribution in [3.8, 4) is 0 Å². The van der Waals surface area contributed by atoms with Gasteiger partial charge in [-0.3, -0.25) is 4.98 Å². The standard InChI is InChI=1S/C11H13F2N/c1-7(2)9-5-8-3-4-11(12,13)10(8)14-6-9/h5-7H,3-4H2,1-2H3. The van der Waals surface area contributed by atoms with Gasteiger partial charge >= 0.3 is 0 Å². The van der Waals surface area contributed by atoms with Crippen molar-refractivity contribution in [3.63, 3.8) is 0 Å². The molecule has 0 radical (unpaired) electrons. The number of nitrogens with zero attached hydrogens (tertiary/aromatic N) is 1. The zero-order valence-corrected chi connectivity index (χ0v) is 8.35. The Bertz CT molecular complexity index is 358. The third-order valence-corrected chi connectivity index (χ3v) is 2.71. The van der Waals surface area contributed by atoms with Crippen LogP contribution >= 0.6 is 0 Å². The van der Waals surface area contributed by atoms with Crippen LogP contribution < -0.4 is 0 Å². The van der Waals surface area contributed by atoms with E-state index in [1.807, 2.05) is 19.9 Å².